The number of rotatable bonds is 3. The van der Waals surface area contributed by atoms with E-state index in [-0.39, 0.29) is 11.9 Å². The predicted molar refractivity (Wildman–Crippen MR) is 101 cm³/mol. The van der Waals surface area contributed by atoms with Gasteiger partial charge in [0.2, 0.25) is 0 Å². The average Bonchev–Trinajstić information content (AvgIpc) is 3.22. The van der Waals surface area contributed by atoms with Gasteiger partial charge in [-0.3, -0.25) is 4.79 Å². The molecule has 138 valence electrons. The number of nitrogens with zero attached hydrogens (tertiary/aromatic N) is 1. The number of carbonyl (C=O) groups excluding carboxylic acids is 1. The van der Waals surface area contributed by atoms with Gasteiger partial charge in [0.05, 0.1) is 32.9 Å². The Morgan fingerprint density at radius 2 is 1.93 bits per heavy atom. The smallest absolute Gasteiger partial charge is 0.258 e. The third-order valence-electron chi connectivity index (χ3n) is 5.68. The average molecular weight is 364 g/mol. The van der Waals surface area contributed by atoms with E-state index in [9.17, 15) is 4.79 Å². The molecular weight excluding hydrogens is 344 g/mol. The summed E-state index contributed by atoms with van der Waals surface area (Å²) < 4.78 is 16.3. The minimum Gasteiger partial charge on any atom is -0.497 e. The van der Waals surface area contributed by atoms with Crippen molar-refractivity contribution in [1.82, 2.24) is 9.88 Å². The molecule has 0 saturated heterocycles. The van der Waals surface area contributed by atoms with E-state index in [1.54, 1.807) is 21.3 Å². The van der Waals surface area contributed by atoms with Crippen molar-refractivity contribution >= 4 is 16.8 Å². The molecule has 6 nitrogen and oxygen atoms in total. The third-order valence-corrected chi connectivity index (χ3v) is 5.68. The van der Waals surface area contributed by atoms with Crippen molar-refractivity contribution < 1.29 is 19.0 Å². The number of hydrogen-bond donors (Lipinski definition) is 1. The van der Waals surface area contributed by atoms with Crippen LogP contribution in [0, 0.1) is 0 Å². The molecule has 0 bridgehead atoms. The maximum atomic E-state index is 13.2. The summed E-state index contributed by atoms with van der Waals surface area (Å²) in [5.74, 6) is 1.91. The summed E-state index contributed by atoms with van der Waals surface area (Å²) in [4.78, 5) is 18.6. The second kappa shape index (κ2) is 5.67. The van der Waals surface area contributed by atoms with Crippen LogP contribution >= 0.6 is 0 Å². The molecule has 0 spiro atoms. The largest absolute Gasteiger partial charge is 0.497 e. The minimum absolute atomic E-state index is 0.00682. The van der Waals surface area contributed by atoms with Gasteiger partial charge in [0.1, 0.15) is 5.75 Å². The molecule has 3 aromatic rings. The molecule has 5 rings (SSSR count). The van der Waals surface area contributed by atoms with Crippen LogP contribution < -0.4 is 14.2 Å². The van der Waals surface area contributed by atoms with Crippen LogP contribution in [0.3, 0.4) is 0 Å². The highest BCUT2D eigenvalue weighted by atomic mass is 16.5. The number of ether oxygens (including phenoxy) is 3. The lowest BCUT2D eigenvalue weighted by molar-refractivity contribution is 0.0735. The molecule has 2 aliphatic rings. The van der Waals surface area contributed by atoms with Crippen LogP contribution in [0.15, 0.2) is 30.3 Å². The zero-order chi connectivity index (χ0) is 18.7. The number of H-pyrrole nitrogens is 1. The minimum atomic E-state index is -0.130. The predicted octanol–water partition coefficient (Wildman–Crippen LogP) is 3.30. The normalized spacial score (nSPS) is 17.5. The number of amides is 1. The van der Waals surface area contributed by atoms with Crippen molar-refractivity contribution in [2.75, 3.05) is 27.9 Å². The number of methoxy groups -OCH3 is 3. The highest BCUT2D eigenvalue weighted by Gasteiger charge is 2.44. The Morgan fingerprint density at radius 3 is 2.67 bits per heavy atom. The van der Waals surface area contributed by atoms with E-state index in [1.165, 1.54) is 5.56 Å². The third kappa shape index (κ3) is 2.04. The quantitative estimate of drug-likeness (QED) is 0.775. The first-order valence-electron chi connectivity index (χ1n) is 8.92. The van der Waals surface area contributed by atoms with Gasteiger partial charge in [-0.1, -0.05) is 6.07 Å². The van der Waals surface area contributed by atoms with Gasteiger partial charge in [0, 0.05) is 23.1 Å². The number of carbonyl (C=O) groups is 1. The second-order valence-corrected chi connectivity index (χ2v) is 6.85. The van der Waals surface area contributed by atoms with E-state index in [0.29, 0.717) is 23.6 Å². The lowest BCUT2D eigenvalue weighted by atomic mass is 9.94. The molecule has 1 unspecified atom stereocenters. The van der Waals surface area contributed by atoms with Gasteiger partial charge in [0.25, 0.3) is 5.91 Å². The molecule has 1 N–H and O–H groups in total. The summed E-state index contributed by atoms with van der Waals surface area (Å²) in [6.45, 7) is 0.667. The number of aromatic amines is 1. The lowest BCUT2D eigenvalue weighted by Gasteiger charge is -2.30. The van der Waals surface area contributed by atoms with Crippen molar-refractivity contribution in [3.8, 4) is 17.2 Å². The molecule has 0 saturated carbocycles. The Kier molecular flexibility index (Phi) is 3.37. The second-order valence-electron chi connectivity index (χ2n) is 6.85. The summed E-state index contributed by atoms with van der Waals surface area (Å²) in [7, 11) is 4.83. The summed E-state index contributed by atoms with van der Waals surface area (Å²) >= 11 is 0. The van der Waals surface area contributed by atoms with Crippen molar-refractivity contribution in [3.63, 3.8) is 0 Å². The maximum Gasteiger partial charge on any atom is 0.258 e. The van der Waals surface area contributed by atoms with Crippen LogP contribution in [0.5, 0.6) is 17.2 Å². The molecule has 3 heterocycles. The zero-order valence-electron chi connectivity index (χ0n) is 15.5. The van der Waals surface area contributed by atoms with Gasteiger partial charge in [0.15, 0.2) is 11.5 Å². The van der Waals surface area contributed by atoms with Crippen LogP contribution in [0.1, 0.15) is 33.2 Å². The first kappa shape index (κ1) is 16.1. The highest BCUT2D eigenvalue weighted by molar-refractivity contribution is 6.04. The molecule has 1 aromatic heterocycles. The van der Waals surface area contributed by atoms with E-state index in [2.05, 4.69) is 11.1 Å². The molecular formula is C21H20N2O4. The number of hydrogen-bond acceptors (Lipinski definition) is 4. The number of nitrogens with one attached hydrogen (secondary N) is 1. The van der Waals surface area contributed by atoms with Crippen molar-refractivity contribution in [2.24, 2.45) is 0 Å². The lowest BCUT2D eigenvalue weighted by Crippen LogP contribution is -2.34. The van der Waals surface area contributed by atoms with Crippen molar-refractivity contribution in [2.45, 2.75) is 12.5 Å². The van der Waals surface area contributed by atoms with Gasteiger partial charge < -0.3 is 24.1 Å². The first-order chi connectivity index (χ1) is 13.2. The van der Waals surface area contributed by atoms with E-state index < -0.39 is 0 Å². The molecule has 2 aromatic carbocycles. The van der Waals surface area contributed by atoms with Crippen LogP contribution in [0.4, 0.5) is 0 Å². The van der Waals surface area contributed by atoms with Gasteiger partial charge in [-0.2, -0.15) is 0 Å². The fraction of sp³-hybridized carbons (Fsp3) is 0.286. The monoisotopic (exact) mass is 364 g/mol. The summed E-state index contributed by atoms with van der Waals surface area (Å²) in [5.41, 5.74) is 4.94. The van der Waals surface area contributed by atoms with Crippen LogP contribution in [-0.2, 0) is 6.42 Å². The Hall–Kier alpha value is -3.15. The topological polar surface area (TPSA) is 63.8 Å². The van der Waals surface area contributed by atoms with E-state index in [0.717, 1.165) is 34.3 Å². The Balaban J connectivity index is 1.74. The van der Waals surface area contributed by atoms with Gasteiger partial charge >= 0.3 is 0 Å². The fourth-order valence-electron chi connectivity index (χ4n) is 4.47. The first-order valence-corrected chi connectivity index (χ1v) is 8.92. The van der Waals surface area contributed by atoms with Gasteiger partial charge in [-0.05, 0) is 41.8 Å². The van der Waals surface area contributed by atoms with Gasteiger partial charge in [-0.15, -0.1) is 0 Å². The van der Waals surface area contributed by atoms with Crippen molar-refractivity contribution in [1.29, 1.82) is 0 Å². The molecule has 2 aliphatic heterocycles. The molecule has 1 atom stereocenters. The van der Waals surface area contributed by atoms with E-state index in [1.807, 2.05) is 29.2 Å². The zero-order valence-corrected chi connectivity index (χ0v) is 15.5. The standard InChI is InChI=1S/C21H20N2O4/c1-25-11-4-6-15-14(10-11)12-8-9-23-19(18(12)22-15)13-5-7-16(26-2)20(27-3)17(13)21(23)24/h4-7,10,19,22H,8-9H2,1-3H3. The molecule has 1 amide bonds. The highest BCUT2D eigenvalue weighted by Crippen LogP contribution is 2.49. The molecule has 0 fully saturated rings. The summed E-state index contributed by atoms with van der Waals surface area (Å²) in [6.07, 6.45) is 0.804. The van der Waals surface area contributed by atoms with Gasteiger partial charge in [-0.25, -0.2) is 0 Å². The summed E-state index contributed by atoms with van der Waals surface area (Å²) in [6, 6.07) is 9.75. The molecule has 6 heteroatoms. The van der Waals surface area contributed by atoms with Crippen LogP contribution in [0.2, 0.25) is 0 Å². The number of benzene rings is 2. The van der Waals surface area contributed by atoms with Crippen LogP contribution in [0.25, 0.3) is 10.9 Å². The number of fused-ring (bicyclic) bond motifs is 7. The molecule has 0 radical (unpaired) electrons. The number of aromatic nitrogens is 1. The van der Waals surface area contributed by atoms with Crippen molar-refractivity contribution in [3.05, 3.63) is 52.7 Å². The van der Waals surface area contributed by atoms with E-state index in [4.69, 9.17) is 14.2 Å². The molecule has 27 heavy (non-hydrogen) atoms. The Morgan fingerprint density at radius 1 is 1.07 bits per heavy atom. The van der Waals surface area contributed by atoms with Crippen LogP contribution in [-0.4, -0.2) is 43.7 Å². The Labute approximate surface area is 156 Å². The Bertz CT molecular complexity index is 1090. The summed E-state index contributed by atoms with van der Waals surface area (Å²) in [5, 5.41) is 1.16. The fourth-order valence-corrected chi connectivity index (χ4v) is 4.47. The SMILES string of the molecule is COc1ccc2[nH]c3c(c2c1)CCN1C(=O)c2c(ccc(OC)c2OC)C31. The molecule has 0 aliphatic carbocycles. The van der Waals surface area contributed by atoms with E-state index >= 15 is 0 Å². The maximum absolute atomic E-state index is 13.2.